The average Bonchev–Trinajstić information content (AvgIpc) is 3.20. The number of carbonyl (C=O) groups is 2. The Morgan fingerprint density at radius 3 is 2.62 bits per heavy atom. The first-order valence-corrected chi connectivity index (χ1v) is 13.7. The van der Waals surface area contributed by atoms with Gasteiger partial charge >= 0.3 is 7.12 Å². The lowest BCUT2D eigenvalue weighted by Crippen LogP contribution is -2.65. The molecule has 13 heteroatoms. The van der Waals surface area contributed by atoms with E-state index < -0.39 is 35.6 Å². The van der Waals surface area contributed by atoms with Crippen LogP contribution < -0.4 is 21.8 Å². The predicted molar refractivity (Wildman–Crippen MR) is 149 cm³/mol. The lowest BCUT2D eigenvalue weighted by molar-refractivity contribution is -0.525. The number of aliphatic imine (C=N–C) groups is 1. The third-order valence-corrected chi connectivity index (χ3v) is 8.51. The van der Waals surface area contributed by atoms with E-state index in [-0.39, 0.29) is 42.3 Å². The fraction of sp³-hybridized carbons (Fsp3) is 0.731. The Bertz CT molecular complexity index is 1000. The molecule has 0 spiro atoms. The molecule has 6 atom stereocenters. The van der Waals surface area contributed by atoms with Crippen LogP contribution in [0.5, 0.6) is 0 Å². The number of rotatable bonds is 13. The molecule has 39 heavy (non-hydrogen) atoms. The fourth-order valence-corrected chi connectivity index (χ4v) is 6.37. The van der Waals surface area contributed by atoms with Gasteiger partial charge in [-0.2, -0.15) is 0 Å². The first-order chi connectivity index (χ1) is 18.3. The molecule has 5 N–H and O–H groups in total. The van der Waals surface area contributed by atoms with E-state index >= 15 is 0 Å². The summed E-state index contributed by atoms with van der Waals surface area (Å²) in [5, 5.41) is 15.5. The van der Waals surface area contributed by atoms with E-state index in [1.165, 1.54) is 18.2 Å². The second kappa shape index (κ2) is 12.5. The molecule has 0 aromatic carbocycles. The number of nitro groups is 1. The highest BCUT2D eigenvalue weighted by molar-refractivity contribution is 6.48. The van der Waals surface area contributed by atoms with E-state index in [2.05, 4.69) is 56.8 Å². The Kier molecular flexibility index (Phi) is 9.81. The standard InChI is InChI=1S/C26H43BN6O6/c1-7-8-11-22(34)30-18(10-9-12-29-24(28)32-33(36)37)23(35)31-21(13-16(2)3)27-38-20-15-17-14-19(25(17,4)5)26(20,6)39-27/h7-8,11,16-21H,1,9-10,12-15H2,2-6H3,(H,30,34)(H,31,35)(H3,28,29,32)/t17-,18-,19-,20+,21-,26-/m0/s1. The minimum absolute atomic E-state index is 0.0125. The predicted octanol–water partition coefficient (Wildman–Crippen LogP) is 1.89. The molecule has 2 bridgehead atoms. The van der Waals surface area contributed by atoms with Gasteiger partial charge in [-0.25, -0.2) is 15.1 Å². The number of hydrogen-bond donors (Lipinski definition) is 4. The number of guanidine groups is 1. The van der Waals surface area contributed by atoms with Crippen molar-refractivity contribution in [3.63, 3.8) is 0 Å². The molecule has 12 nitrogen and oxygen atoms in total. The lowest BCUT2D eigenvalue weighted by atomic mass is 9.43. The summed E-state index contributed by atoms with van der Waals surface area (Å²) in [6.07, 6.45) is 7.54. The molecule has 4 fully saturated rings. The number of nitrogens with one attached hydrogen (secondary N) is 3. The molecular formula is C26H43BN6O6. The lowest BCUT2D eigenvalue weighted by Gasteiger charge is -2.64. The first-order valence-electron chi connectivity index (χ1n) is 13.7. The number of carbonyl (C=O) groups excluding carboxylic acids is 2. The quantitative estimate of drug-likeness (QED) is 0.0397. The Morgan fingerprint density at radius 1 is 1.28 bits per heavy atom. The Labute approximate surface area is 230 Å². The fourth-order valence-electron chi connectivity index (χ4n) is 6.37. The van der Waals surface area contributed by atoms with E-state index in [4.69, 9.17) is 15.0 Å². The largest absolute Gasteiger partial charge is 0.481 e. The van der Waals surface area contributed by atoms with Gasteiger partial charge in [-0.05, 0) is 62.2 Å². The number of amides is 2. The van der Waals surface area contributed by atoms with Crippen LogP contribution in [0.4, 0.5) is 0 Å². The molecule has 4 aliphatic rings. The summed E-state index contributed by atoms with van der Waals surface area (Å²) >= 11 is 0. The van der Waals surface area contributed by atoms with Crippen LogP contribution in [0.3, 0.4) is 0 Å². The van der Waals surface area contributed by atoms with E-state index in [9.17, 15) is 19.7 Å². The molecule has 2 amide bonds. The van der Waals surface area contributed by atoms with Crippen LogP contribution in [-0.2, 0) is 18.9 Å². The van der Waals surface area contributed by atoms with Gasteiger partial charge in [0.05, 0.1) is 17.6 Å². The molecule has 3 saturated carbocycles. The van der Waals surface area contributed by atoms with Gasteiger partial charge in [0.15, 0.2) is 5.03 Å². The van der Waals surface area contributed by atoms with E-state index in [1.807, 2.05) is 0 Å². The zero-order chi connectivity index (χ0) is 29.0. The summed E-state index contributed by atoms with van der Waals surface area (Å²) in [7, 11) is -0.587. The van der Waals surface area contributed by atoms with Crippen LogP contribution in [-0.4, -0.2) is 60.2 Å². The molecule has 0 aromatic rings. The number of hydrazine groups is 1. The van der Waals surface area contributed by atoms with Gasteiger partial charge in [-0.3, -0.25) is 9.59 Å². The summed E-state index contributed by atoms with van der Waals surface area (Å²) in [6.45, 7) is 14.6. The van der Waals surface area contributed by atoms with Gasteiger partial charge in [-0.1, -0.05) is 51.9 Å². The monoisotopic (exact) mass is 546 g/mol. The summed E-state index contributed by atoms with van der Waals surface area (Å²) in [4.78, 5) is 40.3. The summed E-state index contributed by atoms with van der Waals surface area (Å²) in [6, 6.07) is -0.868. The molecule has 216 valence electrons. The number of allylic oxidation sites excluding steroid dienone is 2. The third-order valence-electron chi connectivity index (χ3n) is 8.51. The van der Waals surface area contributed by atoms with Crippen LogP contribution in [0.1, 0.15) is 66.7 Å². The first kappa shape index (κ1) is 30.6. The molecule has 0 radical (unpaired) electrons. The highest BCUT2D eigenvalue weighted by Crippen LogP contribution is 2.65. The number of hydrogen-bond acceptors (Lipinski definition) is 7. The van der Waals surface area contributed by atoms with Crippen molar-refractivity contribution in [1.82, 2.24) is 16.1 Å². The maximum atomic E-state index is 13.5. The molecule has 0 unspecified atom stereocenters. The van der Waals surface area contributed by atoms with Crippen molar-refractivity contribution >= 4 is 24.9 Å². The van der Waals surface area contributed by atoms with Crippen molar-refractivity contribution in [3.05, 3.63) is 34.9 Å². The molecule has 1 heterocycles. The van der Waals surface area contributed by atoms with Gasteiger partial charge in [0, 0.05) is 12.6 Å². The average molecular weight is 546 g/mol. The number of nitrogens with zero attached hydrogens (tertiary/aromatic N) is 2. The SMILES string of the molecule is C=CC=CC(=O)N[C@@H](CCCN=C(N)N[N+](=O)[O-])C(=O)N[C@@H](CC(C)C)B1O[C@@H]2C[C@@H]3C[C@@H](C3(C)C)[C@]2(C)O1. The van der Waals surface area contributed by atoms with Gasteiger partial charge in [0.25, 0.3) is 5.96 Å². The van der Waals surface area contributed by atoms with E-state index in [0.717, 1.165) is 12.8 Å². The van der Waals surface area contributed by atoms with Gasteiger partial charge in [0.1, 0.15) is 6.04 Å². The second-order valence-electron chi connectivity index (χ2n) is 12.0. The maximum Gasteiger partial charge on any atom is 0.481 e. The van der Waals surface area contributed by atoms with Gasteiger partial charge in [0.2, 0.25) is 11.8 Å². The molecular weight excluding hydrogens is 503 g/mol. The normalized spacial score (nSPS) is 28.8. The zero-order valence-electron chi connectivity index (χ0n) is 23.6. The topological polar surface area (TPSA) is 170 Å². The zero-order valence-corrected chi connectivity index (χ0v) is 23.6. The van der Waals surface area contributed by atoms with E-state index in [0.29, 0.717) is 24.7 Å². The third kappa shape index (κ3) is 7.19. The van der Waals surface area contributed by atoms with Crippen molar-refractivity contribution in [2.24, 2.45) is 33.9 Å². The van der Waals surface area contributed by atoms with Gasteiger partial charge in [-0.15, -0.1) is 0 Å². The van der Waals surface area contributed by atoms with Crippen molar-refractivity contribution < 1.29 is 23.9 Å². The molecule has 3 aliphatic carbocycles. The van der Waals surface area contributed by atoms with Crippen LogP contribution in [0.2, 0.25) is 0 Å². The minimum Gasteiger partial charge on any atom is -0.404 e. The van der Waals surface area contributed by atoms with Crippen molar-refractivity contribution in [2.45, 2.75) is 90.4 Å². The molecule has 1 aliphatic heterocycles. The Balaban J connectivity index is 1.70. The van der Waals surface area contributed by atoms with Crippen molar-refractivity contribution in [3.8, 4) is 0 Å². The summed E-state index contributed by atoms with van der Waals surface area (Å²) in [5.74, 6) is -0.264. The minimum atomic E-state index is -0.868. The second-order valence-corrected chi connectivity index (χ2v) is 12.0. The smallest absolute Gasteiger partial charge is 0.404 e. The highest BCUT2D eigenvalue weighted by atomic mass is 16.7. The number of nitrogens with two attached hydrogens (primary N) is 1. The highest BCUT2D eigenvalue weighted by Gasteiger charge is 2.68. The van der Waals surface area contributed by atoms with Gasteiger partial charge < -0.3 is 25.7 Å². The van der Waals surface area contributed by atoms with Crippen LogP contribution >= 0.6 is 0 Å². The Morgan fingerprint density at radius 2 is 2.00 bits per heavy atom. The van der Waals surface area contributed by atoms with E-state index in [1.54, 1.807) is 5.43 Å². The molecule has 4 rings (SSSR count). The van der Waals surface area contributed by atoms with Crippen molar-refractivity contribution in [2.75, 3.05) is 6.54 Å². The van der Waals surface area contributed by atoms with Crippen LogP contribution in [0, 0.1) is 33.3 Å². The van der Waals surface area contributed by atoms with Crippen molar-refractivity contribution in [1.29, 1.82) is 0 Å². The maximum absolute atomic E-state index is 13.5. The Hall–Kier alpha value is -2.93. The van der Waals surface area contributed by atoms with Crippen LogP contribution in [0.25, 0.3) is 0 Å². The molecule has 1 saturated heterocycles. The molecule has 0 aromatic heterocycles. The van der Waals surface area contributed by atoms with Crippen LogP contribution in [0.15, 0.2) is 29.8 Å². The summed E-state index contributed by atoms with van der Waals surface area (Å²) < 4.78 is 13.1. The summed E-state index contributed by atoms with van der Waals surface area (Å²) in [5.41, 5.74) is 7.04.